The zero-order valence-corrected chi connectivity index (χ0v) is 12.9. The van der Waals surface area contributed by atoms with Crippen molar-refractivity contribution in [2.45, 2.75) is 36.3 Å². The van der Waals surface area contributed by atoms with Crippen molar-refractivity contribution in [1.29, 1.82) is 0 Å². The molecule has 3 nitrogen and oxygen atoms in total. The van der Waals surface area contributed by atoms with Gasteiger partial charge < -0.3 is 15.8 Å². The number of thiocarbonyl (C=S) groups is 1. The molecule has 0 amide bonds. The molecule has 0 aromatic heterocycles. The van der Waals surface area contributed by atoms with E-state index in [-0.39, 0.29) is 6.10 Å². The fourth-order valence-corrected chi connectivity index (χ4v) is 3.57. The van der Waals surface area contributed by atoms with Gasteiger partial charge in [0.1, 0.15) is 4.99 Å². The first-order chi connectivity index (χ1) is 9.17. The molecule has 1 aliphatic carbocycles. The molecule has 5 heteroatoms. The average molecular weight is 296 g/mol. The molecule has 2 atom stereocenters. The predicted octanol–water partition coefficient (Wildman–Crippen LogP) is 3.02. The summed E-state index contributed by atoms with van der Waals surface area (Å²) in [5, 5.41) is 3.56. The van der Waals surface area contributed by atoms with Gasteiger partial charge in [0.05, 0.1) is 12.1 Å². The highest BCUT2D eigenvalue weighted by Gasteiger charge is 2.27. The molecule has 0 heterocycles. The van der Waals surface area contributed by atoms with E-state index in [0.29, 0.717) is 11.0 Å². The number of ether oxygens (including phenoxy) is 1. The van der Waals surface area contributed by atoms with Gasteiger partial charge in [-0.2, -0.15) is 0 Å². The minimum Gasteiger partial charge on any atom is -0.389 e. The summed E-state index contributed by atoms with van der Waals surface area (Å²) in [6.45, 7) is 0. The van der Waals surface area contributed by atoms with Crippen LogP contribution >= 0.6 is 24.0 Å². The van der Waals surface area contributed by atoms with E-state index < -0.39 is 0 Å². The molecule has 1 aromatic rings. The van der Waals surface area contributed by atoms with Crippen LogP contribution in [0.2, 0.25) is 0 Å². The molecule has 0 spiro atoms. The highest BCUT2D eigenvalue weighted by molar-refractivity contribution is 7.98. The second kappa shape index (κ2) is 6.59. The normalized spacial score (nSPS) is 22.4. The maximum absolute atomic E-state index is 5.88. The molecule has 2 rings (SSSR count). The lowest BCUT2D eigenvalue weighted by Gasteiger charge is -2.23. The predicted molar refractivity (Wildman–Crippen MR) is 86.2 cm³/mol. The number of benzene rings is 1. The Morgan fingerprint density at radius 1 is 1.47 bits per heavy atom. The lowest BCUT2D eigenvalue weighted by atomic mass is 10.1. The SMILES string of the molecule is COC1CCCC1Nc1cccc(SC)c1C(N)=S. The minimum absolute atomic E-state index is 0.275. The van der Waals surface area contributed by atoms with Crippen molar-refractivity contribution in [3.63, 3.8) is 0 Å². The largest absolute Gasteiger partial charge is 0.389 e. The Bertz CT molecular complexity index is 465. The fourth-order valence-electron chi connectivity index (χ4n) is 2.65. The van der Waals surface area contributed by atoms with Crippen LogP contribution in [-0.2, 0) is 4.74 Å². The third-order valence-electron chi connectivity index (χ3n) is 3.59. The molecule has 2 unspecified atom stereocenters. The number of hydrogen-bond acceptors (Lipinski definition) is 4. The summed E-state index contributed by atoms with van der Waals surface area (Å²) in [5.74, 6) is 0. The Morgan fingerprint density at radius 2 is 2.26 bits per heavy atom. The number of nitrogens with one attached hydrogen (secondary N) is 1. The molecule has 1 fully saturated rings. The van der Waals surface area contributed by atoms with E-state index in [0.717, 1.165) is 29.0 Å². The fraction of sp³-hybridized carbons (Fsp3) is 0.500. The molecule has 3 N–H and O–H groups in total. The number of methoxy groups -OCH3 is 1. The lowest BCUT2D eigenvalue weighted by Crippen LogP contribution is -2.30. The molecule has 0 bridgehead atoms. The van der Waals surface area contributed by atoms with Gasteiger partial charge in [-0.1, -0.05) is 18.3 Å². The van der Waals surface area contributed by atoms with E-state index in [1.54, 1.807) is 18.9 Å². The van der Waals surface area contributed by atoms with Gasteiger partial charge in [0, 0.05) is 23.3 Å². The average Bonchev–Trinajstić information content (AvgIpc) is 2.85. The summed E-state index contributed by atoms with van der Waals surface area (Å²) in [7, 11) is 1.78. The summed E-state index contributed by atoms with van der Waals surface area (Å²) in [6.07, 6.45) is 5.74. The smallest absolute Gasteiger partial charge is 0.107 e. The van der Waals surface area contributed by atoms with Crippen molar-refractivity contribution in [2.75, 3.05) is 18.7 Å². The molecular weight excluding hydrogens is 276 g/mol. The quantitative estimate of drug-likeness (QED) is 0.646. The van der Waals surface area contributed by atoms with Crippen molar-refractivity contribution < 1.29 is 4.74 Å². The Balaban J connectivity index is 2.27. The molecule has 19 heavy (non-hydrogen) atoms. The Labute approximate surface area is 124 Å². The maximum Gasteiger partial charge on any atom is 0.107 e. The second-order valence-electron chi connectivity index (χ2n) is 4.70. The summed E-state index contributed by atoms with van der Waals surface area (Å²) in [4.78, 5) is 1.56. The van der Waals surface area contributed by atoms with E-state index in [2.05, 4.69) is 5.32 Å². The molecular formula is C14H20N2OS2. The Morgan fingerprint density at radius 3 is 2.89 bits per heavy atom. The first-order valence-electron chi connectivity index (χ1n) is 6.43. The summed E-state index contributed by atoms with van der Waals surface area (Å²) < 4.78 is 5.52. The number of anilines is 1. The van der Waals surface area contributed by atoms with Crippen molar-refractivity contribution >= 4 is 34.7 Å². The maximum atomic E-state index is 5.88. The van der Waals surface area contributed by atoms with E-state index in [1.165, 1.54) is 6.42 Å². The van der Waals surface area contributed by atoms with Crippen LogP contribution in [0.4, 0.5) is 5.69 Å². The number of rotatable bonds is 5. The summed E-state index contributed by atoms with van der Waals surface area (Å²) >= 11 is 6.86. The van der Waals surface area contributed by atoms with E-state index >= 15 is 0 Å². The number of hydrogen-bond donors (Lipinski definition) is 2. The first-order valence-corrected chi connectivity index (χ1v) is 8.06. The minimum atomic E-state index is 0.275. The van der Waals surface area contributed by atoms with Crippen LogP contribution < -0.4 is 11.1 Å². The number of thioether (sulfide) groups is 1. The second-order valence-corrected chi connectivity index (χ2v) is 5.99. The first kappa shape index (κ1) is 14.6. The monoisotopic (exact) mass is 296 g/mol. The van der Waals surface area contributed by atoms with Crippen LogP contribution in [0.1, 0.15) is 24.8 Å². The standard InChI is InChI=1S/C14H20N2OS2/c1-17-11-7-3-5-9(11)16-10-6-4-8-12(19-2)13(10)14(15)18/h4,6,8-9,11,16H,3,5,7H2,1-2H3,(H2,15,18). The molecule has 1 aromatic carbocycles. The van der Waals surface area contributed by atoms with Crippen molar-refractivity contribution in [2.24, 2.45) is 5.73 Å². The third-order valence-corrected chi connectivity index (χ3v) is 4.57. The van der Waals surface area contributed by atoms with Crippen molar-refractivity contribution in [1.82, 2.24) is 0 Å². The van der Waals surface area contributed by atoms with Gasteiger partial charge in [-0.05, 0) is 37.7 Å². The van der Waals surface area contributed by atoms with Crippen molar-refractivity contribution in [3.05, 3.63) is 23.8 Å². The highest BCUT2D eigenvalue weighted by Crippen LogP contribution is 2.31. The van der Waals surface area contributed by atoms with Gasteiger partial charge in [-0.3, -0.25) is 0 Å². The van der Waals surface area contributed by atoms with Crippen LogP contribution in [0.3, 0.4) is 0 Å². The summed E-state index contributed by atoms with van der Waals surface area (Å²) in [6, 6.07) is 6.47. The lowest BCUT2D eigenvalue weighted by molar-refractivity contribution is 0.101. The number of nitrogens with two attached hydrogens (primary N) is 1. The van der Waals surface area contributed by atoms with Crippen LogP contribution in [0.5, 0.6) is 0 Å². The van der Waals surface area contributed by atoms with Crippen LogP contribution in [-0.4, -0.2) is 30.5 Å². The van der Waals surface area contributed by atoms with E-state index in [9.17, 15) is 0 Å². The van der Waals surface area contributed by atoms with Crippen LogP contribution in [0, 0.1) is 0 Å². The zero-order chi connectivity index (χ0) is 13.8. The zero-order valence-electron chi connectivity index (χ0n) is 11.3. The van der Waals surface area contributed by atoms with Crippen LogP contribution in [0.25, 0.3) is 0 Å². The van der Waals surface area contributed by atoms with Gasteiger partial charge in [0.15, 0.2) is 0 Å². The molecule has 0 saturated heterocycles. The molecule has 0 radical (unpaired) electrons. The van der Waals surface area contributed by atoms with Gasteiger partial charge in [0.25, 0.3) is 0 Å². The molecule has 0 aliphatic heterocycles. The van der Waals surface area contributed by atoms with Crippen LogP contribution in [0.15, 0.2) is 23.1 Å². The summed E-state index contributed by atoms with van der Waals surface area (Å²) in [5.41, 5.74) is 7.85. The highest BCUT2D eigenvalue weighted by atomic mass is 32.2. The van der Waals surface area contributed by atoms with E-state index in [4.69, 9.17) is 22.7 Å². The molecule has 1 aliphatic rings. The van der Waals surface area contributed by atoms with Crippen molar-refractivity contribution in [3.8, 4) is 0 Å². The molecule has 104 valence electrons. The van der Waals surface area contributed by atoms with Gasteiger partial charge in [-0.25, -0.2) is 0 Å². The van der Waals surface area contributed by atoms with Gasteiger partial charge in [-0.15, -0.1) is 11.8 Å². The van der Waals surface area contributed by atoms with Gasteiger partial charge in [0.2, 0.25) is 0 Å². The van der Waals surface area contributed by atoms with Gasteiger partial charge >= 0.3 is 0 Å². The Kier molecular flexibility index (Phi) is 5.07. The van der Waals surface area contributed by atoms with E-state index in [1.807, 2.05) is 24.5 Å². The molecule has 1 saturated carbocycles. The topological polar surface area (TPSA) is 47.3 Å². The Hall–Kier alpha value is -0.780. The third kappa shape index (κ3) is 3.22.